The Labute approximate surface area is 114 Å². The van der Waals surface area contributed by atoms with Crippen molar-refractivity contribution in [3.05, 3.63) is 0 Å². The summed E-state index contributed by atoms with van der Waals surface area (Å²) in [5, 5.41) is 0. The predicted molar refractivity (Wildman–Crippen MR) is 58.6 cm³/mol. The standard InChI is InChI=1S/C6H15NS2.K.H/c1-3-4-5-9(2)6(7)8;;/h9H,3-5H2,1-2H3,(H2,7,8);;. The minimum atomic E-state index is -0.136. The average molecular weight is 205 g/mol. The molecule has 0 spiro atoms. The van der Waals surface area contributed by atoms with Crippen molar-refractivity contribution in [1.29, 1.82) is 0 Å². The summed E-state index contributed by atoms with van der Waals surface area (Å²) in [4.78, 5) is 0. The molecule has 0 aromatic carbocycles. The number of hydrogen-bond donors (Lipinski definition) is 2. The second-order valence-electron chi connectivity index (χ2n) is 2.11. The second-order valence-corrected chi connectivity index (χ2v) is 5.18. The number of thiocarbonyl (C=S) groups is 1. The molecular formula is C6H16KNS2. The molecule has 0 aliphatic carbocycles. The van der Waals surface area contributed by atoms with Crippen LogP contribution in [0.5, 0.6) is 0 Å². The summed E-state index contributed by atoms with van der Waals surface area (Å²) in [6.07, 6.45) is 4.65. The van der Waals surface area contributed by atoms with Crippen molar-refractivity contribution in [2.75, 3.05) is 12.0 Å². The predicted octanol–water partition coefficient (Wildman–Crippen LogP) is 1.01. The first-order valence-electron chi connectivity index (χ1n) is 3.19. The van der Waals surface area contributed by atoms with Gasteiger partial charge in [0.25, 0.3) is 0 Å². The van der Waals surface area contributed by atoms with Gasteiger partial charge in [0.2, 0.25) is 0 Å². The summed E-state index contributed by atoms with van der Waals surface area (Å²) >= 11 is 4.84. The van der Waals surface area contributed by atoms with Crippen LogP contribution in [0.3, 0.4) is 0 Å². The van der Waals surface area contributed by atoms with Crippen molar-refractivity contribution >= 4 is 78.8 Å². The monoisotopic (exact) mass is 205 g/mol. The van der Waals surface area contributed by atoms with Crippen LogP contribution in [0, 0.1) is 0 Å². The minimum absolute atomic E-state index is 0. The van der Waals surface area contributed by atoms with Crippen molar-refractivity contribution in [3.8, 4) is 0 Å². The van der Waals surface area contributed by atoms with E-state index in [2.05, 4.69) is 13.2 Å². The van der Waals surface area contributed by atoms with E-state index < -0.39 is 0 Å². The Morgan fingerprint density at radius 2 is 2.10 bits per heavy atom. The molecule has 0 fully saturated rings. The Morgan fingerprint density at radius 1 is 1.60 bits per heavy atom. The Kier molecular flexibility index (Phi) is 12.9. The van der Waals surface area contributed by atoms with Crippen LogP contribution in [-0.2, 0) is 0 Å². The molecule has 0 aromatic heterocycles. The molecule has 10 heavy (non-hydrogen) atoms. The van der Waals surface area contributed by atoms with Crippen molar-refractivity contribution in [2.45, 2.75) is 19.8 Å². The normalized spacial score (nSPS) is 13.6. The van der Waals surface area contributed by atoms with Crippen molar-refractivity contribution in [2.24, 2.45) is 5.73 Å². The fourth-order valence-corrected chi connectivity index (χ4v) is 1.79. The molecule has 2 N–H and O–H groups in total. The van der Waals surface area contributed by atoms with E-state index in [4.69, 9.17) is 18.0 Å². The van der Waals surface area contributed by atoms with Crippen molar-refractivity contribution < 1.29 is 0 Å². The van der Waals surface area contributed by atoms with E-state index >= 15 is 0 Å². The Morgan fingerprint density at radius 3 is 2.40 bits per heavy atom. The Hall–Kier alpha value is 1.88. The van der Waals surface area contributed by atoms with Gasteiger partial charge in [0.05, 0.1) is 0 Å². The number of thiol groups is 1. The van der Waals surface area contributed by atoms with Gasteiger partial charge in [0.15, 0.2) is 0 Å². The van der Waals surface area contributed by atoms with Crippen LogP contribution in [-0.4, -0.2) is 67.7 Å². The maximum absolute atomic E-state index is 5.44. The molecule has 0 aromatic rings. The molecule has 0 radical (unpaired) electrons. The van der Waals surface area contributed by atoms with E-state index in [0.29, 0.717) is 0 Å². The zero-order chi connectivity index (χ0) is 7.28. The zero-order valence-corrected chi connectivity index (χ0v) is 7.77. The van der Waals surface area contributed by atoms with Crippen LogP contribution in [0.1, 0.15) is 19.8 Å². The molecule has 1 atom stereocenters. The van der Waals surface area contributed by atoms with Crippen molar-refractivity contribution in [3.63, 3.8) is 0 Å². The van der Waals surface area contributed by atoms with Crippen LogP contribution in [0.15, 0.2) is 0 Å². The maximum atomic E-state index is 5.44. The molecular weight excluding hydrogens is 189 g/mol. The Balaban J connectivity index is 0. The Bertz CT molecular complexity index is 97.7. The molecule has 0 rings (SSSR count). The SMILES string of the molecule is CCCC[SH](C)C(N)=S.[KH]. The third kappa shape index (κ3) is 7.98. The van der Waals surface area contributed by atoms with Gasteiger partial charge < -0.3 is 5.73 Å². The summed E-state index contributed by atoms with van der Waals surface area (Å²) in [5.41, 5.74) is 5.44. The molecule has 0 amide bonds. The summed E-state index contributed by atoms with van der Waals surface area (Å²) in [5.74, 6) is 1.21. The summed E-state index contributed by atoms with van der Waals surface area (Å²) in [6.45, 7) is 2.18. The third-order valence-electron chi connectivity index (χ3n) is 1.22. The molecule has 0 aliphatic heterocycles. The number of unbranched alkanes of at least 4 members (excludes halogenated alkanes) is 1. The van der Waals surface area contributed by atoms with Gasteiger partial charge in [-0.15, -0.1) is 0 Å². The molecule has 0 saturated heterocycles. The summed E-state index contributed by atoms with van der Waals surface area (Å²) < 4.78 is 0.721. The summed E-state index contributed by atoms with van der Waals surface area (Å²) in [6, 6.07) is 0. The van der Waals surface area contributed by atoms with E-state index in [9.17, 15) is 0 Å². The van der Waals surface area contributed by atoms with Crippen LogP contribution < -0.4 is 5.73 Å². The van der Waals surface area contributed by atoms with Gasteiger partial charge in [0.1, 0.15) is 4.32 Å². The quantitative estimate of drug-likeness (QED) is 0.409. The molecule has 1 nitrogen and oxygen atoms in total. The van der Waals surface area contributed by atoms with E-state index in [1.54, 1.807) is 0 Å². The first-order chi connectivity index (χ1) is 4.18. The van der Waals surface area contributed by atoms with Crippen LogP contribution in [0.2, 0.25) is 0 Å². The molecule has 4 heteroatoms. The molecule has 0 heterocycles. The van der Waals surface area contributed by atoms with Crippen LogP contribution in [0.25, 0.3) is 0 Å². The first-order valence-corrected chi connectivity index (χ1v) is 5.57. The number of nitrogens with two attached hydrogens (primary N) is 1. The fourth-order valence-electron chi connectivity index (χ4n) is 0.505. The van der Waals surface area contributed by atoms with E-state index in [1.165, 1.54) is 18.6 Å². The van der Waals surface area contributed by atoms with Gasteiger partial charge in [-0.25, -0.2) is 10.9 Å². The zero-order valence-electron chi connectivity index (χ0n) is 6.05. The average Bonchev–Trinajstić information content (AvgIpc) is 1.82. The van der Waals surface area contributed by atoms with E-state index in [-0.39, 0.29) is 62.3 Å². The second kappa shape index (κ2) is 8.97. The van der Waals surface area contributed by atoms with Crippen LogP contribution >= 0.6 is 23.1 Å². The fraction of sp³-hybridized carbons (Fsp3) is 0.833. The van der Waals surface area contributed by atoms with Gasteiger partial charge in [-0.05, 0) is 18.4 Å². The van der Waals surface area contributed by atoms with Gasteiger partial charge in [-0.2, -0.15) is 0 Å². The molecule has 58 valence electrons. The van der Waals surface area contributed by atoms with Gasteiger partial charge >= 0.3 is 51.4 Å². The van der Waals surface area contributed by atoms with Crippen LogP contribution in [0.4, 0.5) is 0 Å². The van der Waals surface area contributed by atoms with Gasteiger partial charge in [-0.1, -0.05) is 25.6 Å². The molecule has 0 bridgehead atoms. The number of rotatable bonds is 3. The molecule has 1 unspecified atom stereocenters. The third-order valence-corrected chi connectivity index (χ3v) is 3.90. The topological polar surface area (TPSA) is 26.0 Å². The van der Waals surface area contributed by atoms with E-state index in [0.717, 1.165) is 4.32 Å². The van der Waals surface area contributed by atoms with Crippen molar-refractivity contribution in [1.82, 2.24) is 0 Å². The van der Waals surface area contributed by atoms with E-state index in [1.807, 2.05) is 0 Å². The first kappa shape index (κ1) is 14.4. The van der Waals surface area contributed by atoms with Gasteiger partial charge in [0, 0.05) is 0 Å². The number of hydrogen-bond acceptors (Lipinski definition) is 1. The molecule has 0 aliphatic rings. The van der Waals surface area contributed by atoms with Gasteiger partial charge in [-0.3, -0.25) is 0 Å². The molecule has 0 saturated carbocycles. The summed E-state index contributed by atoms with van der Waals surface area (Å²) in [7, 11) is -0.136.